The lowest BCUT2D eigenvalue weighted by molar-refractivity contribution is 0.656. The molecule has 0 saturated heterocycles. The van der Waals surface area contributed by atoms with E-state index in [0.717, 1.165) is 47.9 Å². The maximum absolute atomic E-state index is 4.80. The molecule has 2 aliphatic rings. The first-order chi connectivity index (χ1) is 13.2. The lowest BCUT2D eigenvalue weighted by Gasteiger charge is -2.01. The molecule has 0 aromatic carbocycles. The first kappa shape index (κ1) is 15.1. The van der Waals surface area contributed by atoms with Crippen LogP contribution in [0.4, 0.5) is 0 Å². The Labute approximate surface area is 155 Å². The summed E-state index contributed by atoms with van der Waals surface area (Å²) in [6.45, 7) is 2.97. The zero-order chi connectivity index (χ0) is 18.1. The summed E-state index contributed by atoms with van der Waals surface area (Å²) in [5, 5.41) is 22.2. The molecule has 2 atom stereocenters. The van der Waals surface area contributed by atoms with Gasteiger partial charge in [-0.3, -0.25) is 9.36 Å². The van der Waals surface area contributed by atoms with Crippen LogP contribution in [0, 0.1) is 6.92 Å². The van der Waals surface area contributed by atoms with Gasteiger partial charge in [0, 0.05) is 25.2 Å². The maximum atomic E-state index is 4.80. The highest BCUT2D eigenvalue weighted by atomic mass is 15.4. The van der Waals surface area contributed by atoms with Crippen molar-refractivity contribution in [1.82, 2.24) is 39.4 Å². The molecule has 1 aliphatic heterocycles. The van der Waals surface area contributed by atoms with Crippen molar-refractivity contribution >= 4 is 5.65 Å². The topological polar surface area (TPSA) is 78.7 Å². The summed E-state index contributed by atoms with van der Waals surface area (Å²) in [6.07, 6.45) is 5.62. The van der Waals surface area contributed by atoms with Crippen molar-refractivity contribution < 1.29 is 0 Å². The minimum atomic E-state index is 0.486. The van der Waals surface area contributed by atoms with E-state index >= 15 is 0 Å². The summed E-state index contributed by atoms with van der Waals surface area (Å²) in [5.74, 6) is 1.83. The van der Waals surface area contributed by atoms with Crippen LogP contribution < -0.4 is 0 Å². The Bertz CT molecular complexity index is 1180. The van der Waals surface area contributed by atoms with Crippen LogP contribution in [0.3, 0.4) is 0 Å². The van der Waals surface area contributed by atoms with E-state index in [1.165, 1.54) is 17.7 Å². The maximum Gasteiger partial charge on any atom is 0.177 e. The smallest absolute Gasteiger partial charge is 0.177 e. The van der Waals surface area contributed by atoms with Gasteiger partial charge in [0.1, 0.15) is 5.69 Å². The molecule has 0 N–H and O–H groups in total. The molecule has 4 aromatic heterocycles. The van der Waals surface area contributed by atoms with Gasteiger partial charge in [-0.05, 0) is 55.9 Å². The Morgan fingerprint density at radius 1 is 1.11 bits per heavy atom. The molecule has 6 rings (SSSR count). The van der Waals surface area contributed by atoms with Crippen LogP contribution in [0.1, 0.15) is 47.5 Å². The molecule has 1 fully saturated rings. The lowest BCUT2D eigenvalue weighted by atomic mass is 10.1. The number of hydrogen-bond donors (Lipinski definition) is 0. The molecule has 2 unspecified atom stereocenters. The third-order valence-corrected chi connectivity index (χ3v) is 5.91. The number of aryl methyl sites for hydroxylation is 3. The molecule has 8 nitrogen and oxygen atoms in total. The molecular weight excluding hydrogens is 340 g/mol. The van der Waals surface area contributed by atoms with Gasteiger partial charge >= 0.3 is 0 Å². The largest absolute Gasteiger partial charge is 0.269 e. The van der Waals surface area contributed by atoms with Crippen molar-refractivity contribution in [3.8, 4) is 11.4 Å². The number of hydrogen-bond acceptors (Lipinski definition) is 5. The molecule has 1 aliphatic carbocycles. The number of rotatable bonds is 3. The van der Waals surface area contributed by atoms with Crippen LogP contribution in [-0.2, 0) is 20.0 Å². The second kappa shape index (κ2) is 5.25. The SMILES string of the molecule is Cc1nnc2ccc(-c3cc(C4CC4c4cnn5c4CCC5)nn3C)nn12. The Hall–Kier alpha value is -3.03. The van der Waals surface area contributed by atoms with Crippen molar-refractivity contribution in [3.63, 3.8) is 0 Å². The first-order valence-electron chi connectivity index (χ1n) is 9.47. The van der Waals surface area contributed by atoms with E-state index in [-0.39, 0.29) is 0 Å². The summed E-state index contributed by atoms with van der Waals surface area (Å²) in [6, 6.07) is 6.12. The Morgan fingerprint density at radius 2 is 2.04 bits per heavy atom. The summed E-state index contributed by atoms with van der Waals surface area (Å²) < 4.78 is 5.88. The summed E-state index contributed by atoms with van der Waals surface area (Å²) in [4.78, 5) is 0. The predicted molar refractivity (Wildman–Crippen MR) is 98.4 cm³/mol. The zero-order valence-electron chi connectivity index (χ0n) is 15.4. The van der Waals surface area contributed by atoms with E-state index in [1.54, 1.807) is 4.52 Å². The molecule has 27 heavy (non-hydrogen) atoms. The average Bonchev–Trinajstić information content (AvgIpc) is 3.04. The van der Waals surface area contributed by atoms with Gasteiger partial charge in [0.15, 0.2) is 11.5 Å². The minimum absolute atomic E-state index is 0.486. The molecule has 5 heterocycles. The highest BCUT2D eigenvalue weighted by Gasteiger charge is 2.44. The van der Waals surface area contributed by atoms with Gasteiger partial charge in [0.2, 0.25) is 0 Å². The monoisotopic (exact) mass is 360 g/mol. The molecule has 4 aromatic rings. The second-order valence-electron chi connectivity index (χ2n) is 7.64. The van der Waals surface area contributed by atoms with Crippen LogP contribution in [0.2, 0.25) is 0 Å². The fourth-order valence-electron chi connectivity index (χ4n) is 4.41. The molecule has 0 spiro atoms. The Kier molecular flexibility index (Phi) is 2.93. The van der Waals surface area contributed by atoms with E-state index in [0.29, 0.717) is 11.8 Å². The third-order valence-electron chi connectivity index (χ3n) is 5.91. The summed E-state index contributed by atoms with van der Waals surface area (Å²) in [7, 11) is 1.98. The number of nitrogens with zero attached hydrogens (tertiary/aromatic N) is 8. The first-order valence-corrected chi connectivity index (χ1v) is 9.47. The van der Waals surface area contributed by atoms with Gasteiger partial charge in [0.05, 0.1) is 17.6 Å². The Morgan fingerprint density at radius 3 is 2.96 bits per heavy atom. The van der Waals surface area contributed by atoms with Crippen LogP contribution >= 0.6 is 0 Å². The number of fused-ring (bicyclic) bond motifs is 2. The molecule has 1 saturated carbocycles. The standard InChI is InChI=1S/C19H20N8/c1-11-21-22-19-6-5-15(24-27(11)19)18-9-16(23-25(18)2)13-8-12(13)14-10-20-26-7-3-4-17(14)26/h5-6,9-10,12-13H,3-4,7-8H2,1-2H3. The fraction of sp³-hybridized carbons (Fsp3) is 0.421. The normalized spacial score (nSPS) is 21.1. The van der Waals surface area contributed by atoms with Gasteiger partial charge in [-0.25, -0.2) is 0 Å². The van der Waals surface area contributed by atoms with Crippen LogP contribution in [0.15, 0.2) is 24.4 Å². The van der Waals surface area contributed by atoms with Gasteiger partial charge in [-0.15, -0.1) is 10.2 Å². The van der Waals surface area contributed by atoms with Crippen LogP contribution in [-0.4, -0.2) is 39.4 Å². The van der Waals surface area contributed by atoms with E-state index < -0.39 is 0 Å². The van der Waals surface area contributed by atoms with Gasteiger partial charge < -0.3 is 0 Å². The van der Waals surface area contributed by atoms with Crippen molar-refractivity contribution in [2.45, 2.75) is 44.6 Å². The zero-order valence-corrected chi connectivity index (χ0v) is 15.4. The van der Waals surface area contributed by atoms with Crippen LogP contribution in [0.25, 0.3) is 17.0 Å². The summed E-state index contributed by atoms with van der Waals surface area (Å²) in [5.41, 5.74) is 6.69. The van der Waals surface area contributed by atoms with E-state index in [4.69, 9.17) is 10.2 Å². The van der Waals surface area contributed by atoms with Crippen molar-refractivity contribution in [2.24, 2.45) is 7.05 Å². The molecular formula is C19H20N8. The van der Waals surface area contributed by atoms with E-state index in [1.807, 2.05) is 30.8 Å². The molecule has 0 bridgehead atoms. The predicted octanol–water partition coefficient (Wildman–Crippen LogP) is 2.25. The molecule has 8 heteroatoms. The van der Waals surface area contributed by atoms with Gasteiger partial charge in [0.25, 0.3) is 0 Å². The highest BCUT2D eigenvalue weighted by molar-refractivity contribution is 5.57. The molecule has 0 amide bonds. The van der Waals surface area contributed by atoms with E-state index in [2.05, 4.69) is 32.2 Å². The lowest BCUT2D eigenvalue weighted by Crippen LogP contribution is -2.00. The van der Waals surface area contributed by atoms with Gasteiger partial charge in [-0.2, -0.15) is 19.8 Å². The summed E-state index contributed by atoms with van der Waals surface area (Å²) >= 11 is 0. The van der Waals surface area contributed by atoms with Gasteiger partial charge in [-0.1, -0.05) is 0 Å². The van der Waals surface area contributed by atoms with E-state index in [9.17, 15) is 0 Å². The average molecular weight is 360 g/mol. The highest BCUT2D eigenvalue weighted by Crippen LogP contribution is 2.55. The number of aromatic nitrogens is 8. The van der Waals surface area contributed by atoms with Crippen molar-refractivity contribution in [3.05, 3.63) is 47.2 Å². The minimum Gasteiger partial charge on any atom is -0.269 e. The quantitative estimate of drug-likeness (QED) is 0.560. The molecule has 136 valence electrons. The second-order valence-corrected chi connectivity index (χ2v) is 7.64. The third kappa shape index (κ3) is 2.19. The molecule has 0 radical (unpaired) electrons. The Balaban J connectivity index is 1.33. The van der Waals surface area contributed by atoms with Crippen LogP contribution in [0.5, 0.6) is 0 Å². The van der Waals surface area contributed by atoms with Crippen molar-refractivity contribution in [1.29, 1.82) is 0 Å². The fourth-order valence-corrected chi connectivity index (χ4v) is 4.41. The van der Waals surface area contributed by atoms with Crippen molar-refractivity contribution in [2.75, 3.05) is 0 Å².